The van der Waals surface area contributed by atoms with Gasteiger partial charge in [0.25, 0.3) is 5.91 Å². The van der Waals surface area contributed by atoms with E-state index in [1.54, 1.807) is 0 Å². The van der Waals surface area contributed by atoms with Crippen LogP contribution in [-0.2, 0) is 32.1 Å². The van der Waals surface area contributed by atoms with E-state index < -0.39 is 5.97 Å². The summed E-state index contributed by atoms with van der Waals surface area (Å²) < 4.78 is 10.3. The van der Waals surface area contributed by atoms with E-state index in [9.17, 15) is 9.59 Å². The molecule has 1 unspecified atom stereocenters. The minimum atomic E-state index is -0.542. The molecule has 0 fully saturated rings. The molecule has 1 amide bonds. The van der Waals surface area contributed by atoms with Gasteiger partial charge < -0.3 is 14.8 Å². The summed E-state index contributed by atoms with van der Waals surface area (Å²) in [6, 6.07) is 17.7. The van der Waals surface area contributed by atoms with Gasteiger partial charge >= 0.3 is 5.97 Å². The maximum absolute atomic E-state index is 12.1. The van der Waals surface area contributed by atoms with Gasteiger partial charge in [-0.2, -0.15) is 0 Å². The van der Waals surface area contributed by atoms with Crippen LogP contribution < -0.4 is 5.32 Å². The Kier molecular flexibility index (Phi) is 6.39. The van der Waals surface area contributed by atoms with Crippen LogP contribution >= 0.6 is 0 Å². The lowest BCUT2D eigenvalue weighted by Crippen LogP contribution is -2.34. The largest absolute Gasteiger partial charge is 0.454 e. The Balaban J connectivity index is 1.38. The molecule has 5 heteroatoms. The van der Waals surface area contributed by atoms with Gasteiger partial charge in [-0.25, -0.2) is 4.79 Å². The number of carbonyl (C=O) groups excluding carboxylic acids is 2. The Hall–Kier alpha value is -2.66. The first kappa shape index (κ1) is 18.1. The molecule has 1 aliphatic rings. The van der Waals surface area contributed by atoms with Gasteiger partial charge in [-0.3, -0.25) is 4.79 Å². The lowest BCUT2D eigenvalue weighted by atomic mass is 9.88. The molecule has 0 saturated heterocycles. The topological polar surface area (TPSA) is 64.6 Å². The van der Waals surface area contributed by atoms with Crippen LogP contribution in [0.3, 0.4) is 0 Å². The molecule has 0 bridgehead atoms. The van der Waals surface area contributed by atoms with Crippen LogP contribution in [0.1, 0.15) is 35.6 Å². The molecule has 26 heavy (non-hydrogen) atoms. The zero-order valence-corrected chi connectivity index (χ0v) is 14.6. The van der Waals surface area contributed by atoms with Crippen LogP contribution in [0, 0.1) is 0 Å². The first-order valence-electron chi connectivity index (χ1n) is 8.87. The molecule has 0 spiro atoms. The highest BCUT2D eigenvalue weighted by molar-refractivity contribution is 5.81. The number of benzene rings is 2. The van der Waals surface area contributed by atoms with Crippen LogP contribution in [0.5, 0.6) is 0 Å². The number of amides is 1. The molecule has 1 N–H and O–H groups in total. The Morgan fingerprint density at radius 1 is 1.00 bits per heavy atom. The zero-order chi connectivity index (χ0) is 18.2. The molecule has 0 radical (unpaired) electrons. The summed E-state index contributed by atoms with van der Waals surface area (Å²) in [4.78, 5) is 23.8. The molecule has 0 saturated carbocycles. The number of aryl methyl sites for hydroxylation is 1. The molecule has 1 aliphatic carbocycles. The molecule has 1 atom stereocenters. The van der Waals surface area contributed by atoms with E-state index in [2.05, 4.69) is 11.4 Å². The van der Waals surface area contributed by atoms with Crippen LogP contribution in [0.15, 0.2) is 54.6 Å². The average Bonchev–Trinajstić information content (AvgIpc) is 2.67. The molecule has 136 valence electrons. The number of ether oxygens (including phenoxy) is 2. The second-order valence-corrected chi connectivity index (χ2v) is 6.35. The number of esters is 1. The number of hydrogen-bond acceptors (Lipinski definition) is 4. The fourth-order valence-electron chi connectivity index (χ4n) is 3.15. The van der Waals surface area contributed by atoms with Crippen molar-refractivity contribution < 1.29 is 19.1 Å². The maximum atomic E-state index is 12.1. The second-order valence-electron chi connectivity index (χ2n) is 6.35. The summed E-state index contributed by atoms with van der Waals surface area (Å²) in [5.74, 6) is -0.830. The summed E-state index contributed by atoms with van der Waals surface area (Å²) >= 11 is 0. The molecular weight excluding hydrogens is 330 g/mol. The van der Waals surface area contributed by atoms with Gasteiger partial charge in [0.15, 0.2) is 6.61 Å². The molecule has 2 aromatic rings. The maximum Gasteiger partial charge on any atom is 0.332 e. The van der Waals surface area contributed by atoms with Crippen molar-refractivity contribution in [3.8, 4) is 0 Å². The Bertz CT molecular complexity index is 745. The lowest BCUT2D eigenvalue weighted by Gasteiger charge is -2.26. The highest BCUT2D eigenvalue weighted by Crippen LogP contribution is 2.29. The quantitative estimate of drug-likeness (QED) is 0.778. The highest BCUT2D eigenvalue weighted by atomic mass is 16.6. The van der Waals surface area contributed by atoms with Gasteiger partial charge in [-0.1, -0.05) is 54.6 Å². The van der Waals surface area contributed by atoms with Gasteiger partial charge in [-0.15, -0.1) is 0 Å². The van der Waals surface area contributed by atoms with Crippen molar-refractivity contribution in [3.05, 3.63) is 71.3 Å². The monoisotopic (exact) mass is 353 g/mol. The van der Waals surface area contributed by atoms with E-state index in [4.69, 9.17) is 9.47 Å². The first-order valence-corrected chi connectivity index (χ1v) is 8.87. The SMILES string of the molecule is O=C(COC(=O)COCc1ccccc1)NC1CCCc2ccccc21. The third-order valence-electron chi connectivity index (χ3n) is 4.40. The summed E-state index contributed by atoms with van der Waals surface area (Å²) in [6.07, 6.45) is 2.97. The van der Waals surface area contributed by atoms with Crippen molar-refractivity contribution in [2.75, 3.05) is 13.2 Å². The van der Waals surface area contributed by atoms with Crippen molar-refractivity contribution in [3.63, 3.8) is 0 Å². The van der Waals surface area contributed by atoms with Gasteiger partial charge in [0.1, 0.15) is 6.61 Å². The number of carbonyl (C=O) groups is 2. The fourth-order valence-corrected chi connectivity index (χ4v) is 3.15. The van der Waals surface area contributed by atoms with E-state index in [0.717, 1.165) is 30.4 Å². The van der Waals surface area contributed by atoms with Crippen molar-refractivity contribution in [1.29, 1.82) is 0 Å². The Labute approximate surface area is 153 Å². The molecule has 0 aliphatic heterocycles. The number of nitrogens with one attached hydrogen (secondary N) is 1. The normalized spacial score (nSPS) is 15.8. The number of hydrogen-bond donors (Lipinski definition) is 1. The molecule has 5 nitrogen and oxygen atoms in total. The van der Waals surface area contributed by atoms with Gasteiger partial charge in [0.05, 0.1) is 12.6 Å². The Morgan fingerprint density at radius 2 is 1.77 bits per heavy atom. The van der Waals surface area contributed by atoms with Crippen LogP contribution in [-0.4, -0.2) is 25.1 Å². The van der Waals surface area contributed by atoms with Crippen molar-refractivity contribution >= 4 is 11.9 Å². The molecule has 2 aromatic carbocycles. The minimum Gasteiger partial charge on any atom is -0.454 e. The Morgan fingerprint density at radius 3 is 2.62 bits per heavy atom. The third-order valence-corrected chi connectivity index (χ3v) is 4.40. The van der Waals surface area contributed by atoms with E-state index >= 15 is 0 Å². The van der Waals surface area contributed by atoms with E-state index in [1.165, 1.54) is 5.56 Å². The van der Waals surface area contributed by atoms with Crippen molar-refractivity contribution in [2.24, 2.45) is 0 Å². The average molecular weight is 353 g/mol. The molecule has 3 rings (SSSR count). The van der Waals surface area contributed by atoms with Crippen LogP contribution in [0.25, 0.3) is 0 Å². The summed E-state index contributed by atoms with van der Waals surface area (Å²) in [6.45, 7) is -0.123. The van der Waals surface area contributed by atoms with Crippen LogP contribution in [0.2, 0.25) is 0 Å². The predicted octanol–water partition coefficient (Wildman–Crippen LogP) is 2.94. The first-order chi connectivity index (χ1) is 12.7. The van der Waals surface area contributed by atoms with Gasteiger partial charge in [0.2, 0.25) is 0 Å². The fraction of sp³-hybridized carbons (Fsp3) is 0.333. The molecular formula is C21H23NO4. The molecule has 0 aromatic heterocycles. The lowest BCUT2D eigenvalue weighted by molar-refractivity contribution is -0.153. The van der Waals surface area contributed by atoms with E-state index in [-0.39, 0.29) is 25.2 Å². The predicted molar refractivity (Wildman–Crippen MR) is 97.3 cm³/mol. The highest BCUT2D eigenvalue weighted by Gasteiger charge is 2.21. The van der Waals surface area contributed by atoms with Gasteiger partial charge in [0, 0.05) is 0 Å². The van der Waals surface area contributed by atoms with E-state index in [1.807, 2.05) is 48.5 Å². The summed E-state index contributed by atoms with van der Waals surface area (Å²) in [5.41, 5.74) is 3.41. The second kappa shape index (κ2) is 9.15. The number of fused-ring (bicyclic) bond motifs is 1. The summed E-state index contributed by atoms with van der Waals surface area (Å²) in [7, 11) is 0. The summed E-state index contributed by atoms with van der Waals surface area (Å²) in [5, 5.41) is 2.96. The standard InChI is InChI=1S/C21H23NO4/c23-20(22-19-12-6-10-17-9-4-5-11-18(17)19)14-26-21(24)15-25-13-16-7-2-1-3-8-16/h1-5,7-9,11,19H,6,10,12-15H2,(H,22,23). The van der Waals surface area contributed by atoms with Crippen molar-refractivity contribution in [2.45, 2.75) is 31.9 Å². The molecule has 0 heterocycles. The smallest absolute Gasteiger partial charge is 0.332 e. The third kappa shape index (κ3) is 5.17. The zero-order valence-electron chi connectivity index (χ0n) is 14.6. The van der Waals surface area contributed by atoms with E-state index in [0.29, 0.717) is 6.61 Å². The minimum absolute atomic E-state index is 0.0134. The van der Waals surface area contributed by atoms with Gasteiger partial charge in [-0.05, 0) is 36.0 Å². The van der Waals surface area contributed by atoms with Crippen LogP contribution in [0.4, 0.5) is 0 Å². The van der Waals surface area contributed by atoms with Crippen molar-refractivity contribution in [1.82, 2.24) is 5.32 Å². The number of rotatable bonds is 7.